The maximum atomic E-state index is 11.5. The van der Waals surface area contributed by atoms with E-state index in [-0.39, 0.29) is 42.5 Å². The number of halogens is 2. The minimum Gasteiger partial charge on any atom is -0.484 e. The highest BCUT2D eigenvalue weighted by Gasteiger charge is 2.10. The summed E-state index contributed by atoms with van der Waals surface area (Å²) in [4.78, 5) is 15.8. The normalized spacial score (nSPS) is 11.8. The van der Waals surface area contributed by atoms with Gasteiger partial charge in [0.2, 0.25) is 0 Å². The highest BCUT2D eigenvalue weighted by atomic mass is 127. The number of ether oxygens (including phenoxy) is 1. The average molecular weight is 575 g/mol. The molecule has 0 saturated heterocycles. The summed E-state index contributed by atoms with van der Waals surface area (Å²) in [5.41, 5.74) is 2.19. The van der Waals surface area contributed by atoms with E-state index in [0.717, 1.165) is 15.6 Å². The number of hydrogen-bond donors (Lipinski definition) is 3. The molecule has 1 atom stereocenters. The van der Waals surface area contributed by atoms with Crippen molar-refractivity contribution in [2.45, 2.75) is 26.4 Å². The van der Waals surface area contributed by atoms with Crippen molar-refractivity contribution >= 4 is 51.8 Å². The third kappa shape index (κ3) is 8.61. The number of nitrogens with one attached hydrogen (secondary N) is 3. The Hall–Kier alpha value is -1.81. The number of carbonyl (C=O) groups is 1. The second-order valence-corrected chi connectivity index (χ2v) is 7.06. The van der Waals surface area contributed by atoms with Gasteiger partial charge in [0.05, 0.1) is 6.04 Å². The van der Waals surface area contributed by atoms with Crippen LogP contribution < -0.4 is 20.7 Å². The third-order valence-corrected chi connectivity index (χ3v) is 4.77. The standard InChI is InChI=1S/C21H27BrN4O2.HI/c1-4-24-20(27)14-28-17-9-7-8-16(12-17)13-25-21(23-3)26-15(2)18-10-5-6-11-19(18)22;/h5-12,15H,4,13-14H2,1-3H3,(H,24,27)(H2,23,25,26);1H. The van der Waals surface area contributed by atoms with Crippen LogP contribution in [0.3, 0.4) is 0 Å². The summed E-state index contributed by atoms with van der Waals surface area (Å²) < 4.78 is 6.60. The first kappa shape index (κ1) is 25.2. The molecule has 29 heavy (non-hydrogen) atoms. The summed E-state index contributed by atoms with van der Waals surface area (Å²) in [6, 6.07) is 15.9. The molecule has 158 valence electrons. The molecule has 0 radical (unpaired) electrons. The SMILES string of the molecule is CCNC(=O)COc1cccc(CNC(=NC)NC(C)c2ccccc2Br)c1.I. The lowest BCUT2D eigenvalue weighted by molar-refractivity contribution is -0.122. The zero-order chi connectivity index (χ0) is 20.4. The van der Waals surface area contributed by atoms with Gasteiger partial charge in [0.25, 0.3) is 5.91 Å². The van der Waals surface area contributed by atoms with E-state index >= 15 is 0 Å². The van der Waals surface area contributed by atoms with Crippen LogP contribution in [0, 0.1) is 0 Å². The minimum absolute atomic E-state index is 0. The smallest absolute Gasteiger partial charge is 0.257 e. The van der Waals surface area contributed by atoms with Gasteiger partial charge in [-0.25, -0.2) is 0 Å². The maximum Gasteiger partial charge on any atom is 0.257 e. The van der Waals surface area contributed by atoms with E-state index in [1.807, 2.05) is 49.4 Å². The van der Waals surface area contributed by atoms with Gasteiger partial charge in [-0.15, -0.1) is 24.0 Å². The predicted octanol–water partition coefficient (Wildman–Crippen LogP) is 4.01. The molecule has 0 spiro atoms. The van der Waals surface area contributed by atoms with Crippen LogP contribution in [0.15, 0.2) is 58.0 Å². The zero-order valence-electron chi connectivity index (χ0n) is 16.9. The Morgan fingerprint density at radius 3 is 2.62 bits per heavy atom. The van der Waals surface area contributed by atoms with Gasteiger partial charge in [-0.2, -0.15) is 0 Å². The van der Waals surface area contributed by atoms with E-state index in [1.54, 1.807) is 7.05 Å². The van der Waals surface area contributed by atoms with Gasteiger partial charge in [0.15, 0.2) is 12.6 Å². The summed E-state index contributed by atoms with van der Waals surface area (Å²) >= 11 is 3.58. The number of hydrogen-bond acceptors (Lipinski definition) is 3. The number of guanidine groups is 1. The molecule has 0 aliphatic carbocycles. The number of likely N-dealkylation sites (N-methyl/N-ethyl adjacent to an activating group) is 1. The third-order valence-electron chi connectivity index (χ3n) is 4.05. The van der Waals surface area contributed by atoms with Crippen molar-refractivity contribution in [3.8, 4) is 5.75 Å². The minimum atomic E-state index is -0.128. The van der Waals surface area contributed by atoms with Crippen LogP contribution in [0.1, 0.15) is 31.0 Å². The van der Waals surface area contributed by atoms with Gasteiger partial charge >= 0.3 is 0 Å². The second-order valence-electron chi connectivity index (χ2n) is 6.20. The molecule has 1 unspecified atom stereocenters. The molecule has 0 heterocycles. The maximum absolute atomic E-state index is 11.5. The molecule has 0 bridgehead atoms. The van der Waals surface area contributed by atoms with Gasteiger partial charge in [-0.1, -0.05) is 46.3 Å². The molecule has 2 aromatic rings. The Bertz CT molecular complexity index is 817. The number of aliphatic imine (C=N–C) groups is 1. The van der Waals surface area contributed by atoms with Crippen LogP contribution in [-0.2, 0) is 11.3 Å². The largest absolute Gasteiger partial charge is 0.484 e. The lowest BCUT2D eigenvalue weighted by atomic mass is 10.1. The van der Waals surface area contributed by atoms with Gasteiger partial charge in [0, 0.05) is 24.6 Å². The number of rotatable bonds is 8. The van der Waals surface area contributed by atoms with E-state index in [1.165, 1.54) is 0 Å². The molecule has 3 N–H and O–H groups in total. The lowest BCUT2D eigenvalue weighted by Gasteiger charge is -2.19. The summed E-state index contributed by atoms with van der Waals surface area (Å²) in [5, 5.41) is 9.40. The Morgan fingerprint density at radius 2 is 1.93 bits per heavy atom. The van der Waals surface area contributed by atoms with Crippen LogP contribution in [0.25, 0.3) is 0 Å². The number of nitrogens with zero attached hydrogens (tertiary/aromatic N) is 1. The summed E-state index contributed by atoms with van der Waals surface area (Å²) in [6.45, 7) is 5.15. The highest BCUT2D eigenvalue weighted by molar-refractivity contribution is 14.0. The quantitative estimate of drug-likeness (QED) is 0.253. The molecule has 6 nitrogen and oxygen atoms in total. The van der Waals surface area contributed by atoms with Crippen molar-refractivity contribution in [1.82, 2.24) is 16.0 Å². The topological polar surface area (TPSA) is 74.8 Å². The first-order valence-corrected chi connectivity index (χ1v) is 10.0. The van der Waals surface area contributed by atoms with Crippen LogP contribution in [0.2, 0.25) is 0 Å². The van der Waals surface area contributed by atoms with Crippen molar-refractivity contribution < 1.29 is 9.53 Å². The average Bonchev–Trinajstić information content (AvgIpc) is 2.70. The molecule has 0 fully saturated rings. The highest BCUT2D eigenvalue weighted by Crippen LogP contribution is 2.22. The molecule has 0 aliphatic heterocycles. The van der Waals surface area contributed by atoms with Crippen molar-refractivity contribution in [3.63, 3.8) is 0 Å². The first-order chi connectivity index (χ1) is 13.5. The van der Waals surface area contributed by atoms with Gasteiger partial charge in [0.1, 0.15) is 5.75 Å². The van der Waals surface area contributed by atoms with E-state index in [9.17, 15) is 4.79 Å². The Kier molecular flexibility index (Phi) is 11.7. The molecule has 1 amide bonds. The zero-order valence-corrected chi connectivity index (χ0v) is 20.8. The molecule has 0 saturated carbocycles. The molecule has 2 rings (SSSR count). The number of benzene rings is 2. The van der Waals surface area contributed by atoms with E-state index in [4.69, 9.17) is 4.74 Å². The fourth-order valence-corrected chi connectivity index (χ4v) is 3.26. The summed E-state index contributed by atoms with van der Waals surface area (Å²) in [6.07, 6.45) is 0. The van der Waals surface area contributed by atoms with Crippen LogP contribution in [0.4, 0.5) is 0 Å². The van der Waals surface area contributed by atoms with Crippen LogP contribution >= 0.6 is 39.9 Å². The molecule has 8 heteroatoms. The van der Waals surface area contributed by atoms with E-state index in [0.29, 0.717) is 24.8 Å². The van der Waals surface area contributed by atoms with Gasteiger partial charge in [-0.3, -0.25) is 9.79 Å². The molecule has 0 aromatic heterocycles. The Balaban J connectivity index is 0.00000420. The predicted molar refractivity (Wildman–Crippen MR) is 132 cm³/mol. The van der Waals surface area contributed by atoms with Crippen molar-refractivity contribution in [2.75, 3.05) is 20.2 Å². The lowest BCUT2D eigenvalue weighted by Crippen LogP contribution is -2.38. The van der Waals surface area contributed by atoms with Crippen molar-refractivity contribution in [1.29, 1.82) is 0 Å². The Morgan fingerprint density at radius 1 is 1.17 bits per heavy atom. The summed E-state index contributed by atoms with van der Waals surface area (Å²) in [7, 11) is 1.74. The second kappa shape index (κ2) is 13.4. The molecular weight excluding hydrogens is 547 g/mol. The van der Waals surface area contributed by atoms with E-state index < -0.39 is 0 Å². The van der Waals surface area contributed by atoms with Crippen LogP contribution in [0.5, 0.6) is 5.75 Å². The van der Waals surface area contributed by atoms with Crippen molar-refractivity contribution in [2.24, 2.45) is 4.99 Å². The summed E-state index contributed by atoms with van der Waals surface area (Å²) in [5.74, 6) is 1.24. The Labute approximate surface area is 198 Å². The molecular formula is C21H28BrIN4O2. The number of carbonyl (C=O) groups excluding carboxylic acids is 1. The molecule has 2 aromatic carbocycles. The van der Waals surface area contributed by atoms with Gasteiger partial charge in [-0.05, 0) is 43.2 Å². The van der Waals surface area contributed by atoms with Crippen LogP contribution in [-0.4, -0.2) is 32.1 Å². The molecule has 0 aliphatic rings. The van der Waals surface area contributed by atoms with E-state index in [2.05, 4.69) is 49.9 Å². The fraction of sp³-hybridized carbons (Fsp3) is 0.333. The fourth-order valence-electron chi connectivity index (χ4n) is 2.63. The first-order valence-electron chi connectivity index (χ1n) is 9.23. The van der Waals surface area contributed by atoms with Crippen molar-refractivity contribution in [3.05, 3.63) is 64.1 Å². The number of amides is 1. The monoisotopic (exact) mass is 574 g/mol. The van der Waals surface area contributed by atoms with Gasteiger partial charge < -0.3 is 20.7 Å².